The predicted octanol–water partition coefficient (Wildman–Crippen LogP) is 7.63. The summed E-state index contributed by atoms with van der Waals surface area (Å²) in [5, 5.41) is 14.1. The van der Waals surface area contributed by atoms with Gasteiger partial charge in [0.1, 0.15) is 11.7 Å². The third-order valence-electron chi connectivity index (χ3n) is 6.94. The monoisotopic (exact) mass is 506 g/mol. The fraction of sp³-hybridized carbons (Fsp3) is 0.310. The van der Waals surface area contributed by atoms with E-state index in [1.54, 1.807) is 24.3 Å². The van der Waals surface area contributed by atoms with E-state index in [-0.39, 0.29) is 28.1 Å². The van der Waals surface area contributed by atoms with Crippen molar-refractivity contribution in [1.82, 2.24) is 5.32 Å². The zero-order valence-electron chi connectivity index (χ0n) is 20.4. The molecule has 5 nitrogen and oxygen atoms in total. The molecular formula is C29H32ClFN4O. The van der Waals surface area contributed by atoms with E-state index >= 15 is 0 Å². The van der Waals surface area contributed by atoms with Crippen LogP contribution in [0.15, 0.2) is 60.7 Å². The number of nitrogens with two attached hydrogens (primary N) is 1. The van der Waals surface area contributed by atoms with Crippen LogP contribution in [0.4, 0.5) is 21.5 Å². The molecule has 1 amide bonds. The summed E-state index contributed by atoms with van der Waals surface area (Å²) in [5.41, 5.74) is 9.21. The van der Waals surface area contributed by atoms with Crippen molar-refractivity contribution in [2.45, 2.75) is 51.4 Å². The van der Waals surface area contributed by atoms with Gasteiger partial charge in [0.2, 0.25) is 0 Å². The molecule has 0 heterocycles. The molecule has 1 aliphatic carbocycles. The van der Waals surface area contributed by atoms with Crippen molar-refractivity contribution < 1.29 is 9.18 Å². The molecule has 0 radical (unpaired) electrons. The molecule has 3 aromatic carbocycles. The first-order valence-electron chi connectivity index (χ1n) is 12.4. The third kappa shape index (κ3) is 6.24. The predicted molar refractivity (Wildman–Crippen MR) is 146 cm³/mol. The van der Waals surface area contributed by atoms with E-state index in [1.165, 1.54) is 56.2 Å². The number of para-hydroxylation sites is 1. The number of nitrogen functional groups attached to an aromatic ring is 1. The molecule has 188 valence electrons. The topological polar surface area (TPSA) is 91.0 Å². The van der Waals surface area contributed by atoms with Crippen LogP contribution >= 0.6 is 11.6 Å². The van der Waals surface area contributed by atoms with E-state index in [2.05, 4.69) is 17.6 Å². The Bertz CT molecular complexity index is 1220. The Labute approximate surface area is 216 Å². The van der Waals surface area contributed by atoms with Crippen LogP contribution in [-0.2, 0) is 0 Å². The van der Waals surface area contributed by atoms with Crippen molar-refractivity contribution in [2.75, 3.05) is 11.1 Å². The van der Waals surface area contributed by atoms with E-state index in [0.717, 1.165) is 5.92 Å². The molecule has 4 rings (SSSR count). The molecule has 1 fully saturated rings. The molecule has 5 N–H and O–H groups in total. The van der Waals surface area contributed by atoms with Gasteiger partial charge in [-0.1, -0.05) is 62.4 Å². The second-order valence-electron chi connectivity index (χ2n) is 9.64. The lowest BCUT2D eigenvalue weighted by Gasteiger charge is -2.23. The Kier molecular flexibility index (Phi) is 8.26. The van der Waals surface area contributed by atoms with Crippen LogP contribution in [-0.4, -0.2) is 11.7 Å². The number of anilines is 3. The van der Waals surface area contributed by atoms with E-state index < -0.39 is 5.82 Å². The van der Waals surface area contributed by atoms with E-state index in [4.69, 9.17) is 22.7 Å². The first-order chi connectivity index (χ1) is 17.3. The zero-order chi connectivity index (χ0) is 25.7. The first-order valence-corrected chi connectivity index (χ1v) is 12.8. The maximum Gasteiger partial charge on any atom is 0.256 e. The van der Waals surface area contributed by atoms with Gasteiger partial charge in [-0.2, -0.15) is 0 Å². The number of benzene rings is 3. The molecule has 36 heavy (non-hydrogen) atoms. The summed E-state index contributed by atoms with van der Waals surface area (Å²) < 4.78 is 14.1. The van der Waals surface area contributed by atoms with Crippen LogP contribution in [0.2, 0.25) is 5.02 Å². The van der Waals surface area contributed by atoms with Crippen molar-refractivity contribution >= 4 is 40.4 Å². The van der Waals surface area contributed by atoms with E-state index in [1.807, 2.05) is 24.3 Å². The number of carbonyl (C=O) groups is 1. The maximum absolute atomic E-state index is 14.1. The number of halogens is 2. The van der Waals surface area contributed by atoms with Gasteiger partial charge < -0.3 is 16.4 Å². The molecule has 2 unspecified atom stereocenters. The number of amides is 1. The summed E-state index contributed by atoms with van der Waals surface area (Å²) >= 11 is 6.07. The van der Waals surface area contributed by atoms with Gasteiger partial charge in [-0.25, -0.2) is 4.39 Å². The lowest BCUT2D eigenvalue weighted by atomic mass is 9.82. The highest BCUT2D eigenvalue weighted by Gasteiger charge is 2.18. The number of hydrogen-bond donors (Lipinski definition) is 4. The van der Waals surface area contributed by atoms with Gasteiger partial charge in [0.15, 0.2) is 0 Å². The Morgan fingerprint density at radius 1 is 1.03 bits per heavy atom. The highest BCUT2D eigenvalue weighted by Crippen LogP contribution is 2.33. The number of rotatable bonds is 5. The molecule has 0 aromatic heterocycles. The van der Waals surface area contributed by atoms with Crippen LogP contribution < -0.4 is 16.4 Å². The standard InChI is InChI=1S/C29H32ClFN4O/c1-18-5-2-3-6-19(10-9-18)20-11-13-21(14-12-20)29(36)35-28(33)23-16-15-22(17-26(23)32)34-27-24(30)7-4-8-25(27)31/h4,7-8,11-19,34H,2-3,5-6,9-10,32H2,1H3,(H2,33,35,36). The van der Waals surface area contributed by atoms with Gasteiger partial charge in [0.25, 0.3) is 5.91 Å². The molecule has 0 spiro atoms. The van der Waals surface area contributed by atoms with Crippen LogP contribution in [0.5, 0.6) is 0 Å². The average Bonchev–Trinajstić information content (AvgIpc) is 2.84. The third-order valence-corrected chi connectivity index (χ3v) is 7.26. The lowest BCUT2D eigenvalue weighted by molar-refractivity contribution is 0.0977. The van der Waals surface area contributed by atoms with Gasteiger partial charge in [-0.3, -0.25) is 10.2 Å². The number of nitrogens with one attached hydrogen (secondary N) is 3. The maximum atomic E-state index is 14.1. The Morgan fingerprint density at radius 3 is 2.50 bits per heavy atom. The Hall–Kier alpha value is -3.38. The summed E-state index contributed by atoms with van der Waals surface area (Å²) in [5.74, 6) is 0.358. The van der Waals surface area contributed by atoms with Crippen molar-refractivity contribution in [2.24, 2.45) is 5.92 Å². The minimum atomic E-state index is -0.486. The molecular weight excluding hydrogens is 475 g/mol. The minimum Gasteiger partial charge on any atom is -0.398 e. The second-order valence-corrected chi connectivity index (χ2v) is 10.0. The van der Waals surface area contributed by atoms with E-state index in [9.17, 15) is 9.18 Å². The van der Waals surface area contributed by atoms with Crippen molar-refractivity contribution in [3.63, 3.8) is 0 Å². The van der Waals surface area contributed by atoms with Gasteiger partial charge >= 0.3 is 0 Å². The normalized spacial score (nSPS) is 18.1. The molecule has 3 aromatic rings. The fourth-order valence-corrected chi connectivity index (χ4v) is 4.99. The van der Waals surface area contributed by atoms with Gasteiger partial charge in [0, 0.05) is 22.5 Å². The van der Waals surface area contributed by atoms with Gasteiger partial charge in [0.05, 0.1) is 10.7 Å². The Morgan fingerprint density at radius 2 is 1.78 bits per heavy atom. The summed E-state index contributed by atoms with van der Waals surface area (Å²) in [6, 6.07) is 17.0. The van der Waals surface area contributed by atoms with Crippen LogP contribution in [0, 0.1) is 17.1 Å². The number of amidine groups is 1. The molecule has 2 atom stereocenters. The van der Waals surface area contributed by atoms with Gasteiger partial charge in [-0.15, -0.1) is 0 Å². The summed E-state index contributed by atoms with van der Waals surface area (Å²) in [6.45, 7) is 2.33. The molecule has 0 bridgehead atoms. The van der Waals surface area contributed by atoms with Crippen LogP contribution in [0.3, 0.4) is 0 Å². The quantitative estimate of drug-likeness (QED) is 0.163. The van der Waals surface area contributed by atoms with Crippen molar-refractivity contribution in [3.8, 4) is 0 Å². The smallest absolute Gasteiger partial charge is 0.256 e. The summed E-state index contributed by atoms with van der Waals surface area (Å²) in [4.78, 5) is 12.8. The van der Waals surface area contributed by atoms with Crippen LogP contribution in [0.1, 0.15) is 72.9 Å². The first kappa shape index (κ1) is 25.7. The summed E-state index contributed by atoms with van der Waals surface area (Å²) in [7, 11) is 0. The number of hydrogen-bond acceptors (Lipinski definition) is 4. The van der Waals surface area contributed by atoms with Crippen LogP contribution in [0.25, 0.3) is 0 Å². The molecule has 1 saturated carbocycles. The average molecular weight is 507 g/mol. The lowest BCUT2D eigenvalue weighted by Crippen LogP contribution is -2.31. The molecule has 0 saturated heterocycles. The molecule has 0 aliphatic heterocycles. The highest BCUT2D eigenvalue weighted by atomic mass is 35.5. The SMILES string of the molecule is CC1CCCCC(c2ccc(C(=O)NC(=N)c3ccc(Nc4c(F)cccc4Cl)cc3N)cc2)CC1. The fourth-order valence-electron chi connectivity index (χ4n) is 4.78. The highest BCUT2D eigenvalue weighted by molar-refractivity contribution is 6.33. The zero-order valence-corrected chi connectivity index (χ0v) is 21.2. The Balaban J connectivity index is 1.40. The largest absolute Gasteiger partial charge is 0.398 e. The molecule has 7 heteroatoms. The van der Waals surface area contributed by atoms with Crippen molar-refractivity contribution in [1.29, 1.82) is 5.41 Å². The summed E-state index contributed by atoms with van der Waals surface area (Å²) in [6.07, 6.45) is 7.48. The van der Waals surface area contributed by atoms with Crippen molar-refractivity contribution in [3.05, 3.63) is 88.2 Å². The van der Waals surface area contributed by atoms with Gasteiger partial charge in [-0.05, 0) is 72.7 Å². The van der Waals surface area contributed by atoms with E-state index in [0.29, 0.717) is 22.7 Å². The molecule has 1 aliphatic rings. The second kappa shape index (κ2) is 11.6. The minimum absolute atomic E-state index is 0.106. The number of carbonyl (C=O) groups excluding carboxylic acids is 1.